The van der Waals surface area contributed by atoms with Gasteiger partial charge in [-0.1, -0.05) is 0 Å². The van der Waals surface area contributed by atoms with Gasteiger partial charge in [-0.25, -0.2) is 18.4 Å². The predicted octanol–water partition coefficient (Wildman–Crippen LogP) is 2.40. The number of aromatic nitrogens is 4. The molecular weight excluding hydrogens is 489 g/mol. The molecular formula is C20H21F3N8O3S. The Balaban J connectivity index is 1.95. The van der Waals surface area contributed by atoms with Crippen LogP contribution in [0.15, 0.2) is 42.8 Å². The molecule has 0 saturated heterocycles. The van der Waals surface area contributed by atoms with Crippen LogP contribution in [0.5, 0.6) is 0 Å². The topological polar surface area (TPSA) is 142 Å². The summed E-state index contributed by atoms with van der Waals surface area (Å²) in [4.78, 5) is 27.2. The summed E-state index contributed by atoms with van der Waals surface area (Å²) in [5.41, 5.74) is -1.27. The molecule has 0 radical (unpaired) electrons. The second-order valence-electron chi connectivity index (χ2n) is 6.98. The van der Waals surface area contributed by atoms with Gasteiger partial charge in [-0.3, -0.25) is 14.1 Å². The number of halogens is 3. The SMILES string of the molecule is [2H]c1cc(C(=O)NC)cc([2H])c1Nc1ncc(C(F)(F)F)c(NCc2nccnc2N(C)S(C)(=O)=O)n1. The Morgan fingerprint density at radius 1 is 1.17 bits per heavy atom. The summed E-state index contributed by atoms with van der Waals surface area (Å²) < 4.78 is 81.7. The average molecular weight is 513 g/mol. The van der Waals surface area contributed by atoms with Gasteiger partial charge in [0.25, 0.3) is 5.91 Å². The minimum Gasteiger partial charge on any atom is -0.364 e. The molecule has 1 amide bonds. The summed E-state index contributed by atoms with van der Waals surface area (Å²) in [6.07, 6.45) is -0.899. The van der Waals surface area contributed by atoms with Crippen molar-refractivity contribution in [2.75, 3.05) is 35.3 Å². The first kappa shape index (κ1) is 22.8. The molecule has 15 heteroatoms. The molecule has 0 aliphatic rings. The standard InChI is InChI=1S/C20H21F3N8O3S/c1-24-18(32)12-4-6-13(7-5-12)29-19-28-10-14(20(21,22)23)16(30-19)27-11-15-17(26-9-8-25-15)31(2)35(3,33)34/h4-10H,11H2,1-3H3,(H,24,32)(H2,27,28,29,30)/i6D,7D. The van der Waals surface area contributed by atoms with E-state index in [1.165, 1.54) is 38.6 Å². The van der Waals surface area contributed by atoms with Crippen LogP contribution < -0.4 is 20.3 Å². The van der Waals surface area contributed by atoms with E-state index < -0.39 is 33.5 Å². The zero-order valence-electron chi connectivity index (χ0n) is 20.6. The van der Waals surface area contributed by atoms with E-state index in [0.29, 0.717) is 6.20 Å². The lowest BCUT2D eigenvalue weighted by atomic mass is 10.2. The van der Waals surface area contributed by atoms with E-state index in [9.17, 15) is 26.4 Å². The number of nitrogens with one attached hydrogen (secondary N) is 3. The van der Waals surface area contributed by atoms with E-state index in [0.717, 1.165) is 10.6 Å². The Labute approximate surface area is 201 Å². The van der Waals surface area contributed by atoms with Crippen LogP contribution >= 0.6 is 0 Å². The Bertz CT molecular complexity index is 1420. The molecule has 1 aromatic carbocycles. The molecule has 2 aromatic heterocycles. The third-order valence-electron chi connectivity index (χ3n) is 4.54. The smallest absolute Gasteiger partial charge is 0.364 e. The molecule has 35 heavy (non-hydrogen) atoms. The maximum Gasteiger partial charge on any atom is 0.421 e. The van der Waals surface area contributed by atoms with Crippen LogP contribution in [0.25, 0.3) is 0 Å². The molecule has 3 aromatic rings. The highest BCUT2D eigenvalue weighted by molar-refractivity contribution is 7.92. The molecule has 0 unspecified atom stereocenters. The summed E-state index contributed by atoms with van der Waals surface area (Å²) in [7, 11) is -1.12. The van der Waals surface area contributed by atoms with Crippen LogP contribution in [0.4, 0.5) is 36.4 Å². The van der Waals surface area contributed by atoms with Crippen LogP contribution in [0.2, 0.25) is 0 Å². The van der Waals surface area contributed by atoms with Gasteiger partial charge in [-0.2, -0.15) is 18.2 Å². The van der Waals surface area contributed by atoms with E-state index in [2.05, 4.69) is 35.9 Å². The van der Waals surface area contributed by atoms with Gasteiger partial charge in [-0.15, -0.1) is 0 Å². The first-order valence-corrected chi connectivity index (χ1v) is 11.6. The maximum absolute atomic E-state index is 13.6. The Morgan fingerprint density at radius 2 is 1.83 bits per heavy atom. The zero-order chi connectivity index (χ0) is 27.5. The molecule has 0 saturated carbocycles. The Morgan fingerprint density at radius 3 is 2.43 bits per heavy atom. The van der Waals surface area contributed by atoms with Crippen molar-refractivity contribution in [1.29, 1.82) is 0 Å². The van der Waals surface area contributed by atoms with Gasteiger partial charge < -0.3 is 16.0 Å². The molecule has 2 heterocycles. The summed E-state index contributed by atoms with van der Waals surface area (Å²) in [5.74, 6) is -1.63. The number of nitrogens with zero attached hydrogens (tertiary/aromatic N) is 5. The molecule has 0 aliphatic carbocycles. The molecule has 0 bridgehead atoms. The number of carbonyl (C=O) groups excluding carboxylic acids is 1. The molecule has 0 aliphatic heterocycles. The Kier molecular flexibility index (Phi) is 6.56. The number of hydrogen-bond acceptors (Lipinski definition) is 9. The van der Waals surface area contributed by atoms with Gasteiger partial charge in [0.1, 0.15) is 17.1 Å². The van der Waals surface area contributed by atoms with Crippen molar-refractivity contribution >= 4 is 39.2 Å². The fourth-order valence-corrected chi connectivity index (χ4v) is 3.17. The third kappa shape index (κ3) is 6.32. The lowest BCUT2D eigenvalue weighted by molar-refractivity contribution is -0.137. The monoisotopic (exact) mass is 512 g/mol. The number of anilines is 4. The molecule has 0 atom stereocenters. The zero-order valence-corrected chi connectivity index (χ0v) is 19.4. The van der Waals surface area contributed by atoms with Crippen molar-refractivity contribution in [2.45, 2.75) is 12.7 Å². The highest BCUT2D eigenvalue weighted by atomic mass is 32.2. The lowest BCUT2D eigenvalue weighted by Gasteiger charge is -2.19. The molecule has 3 N–H and O–H groups in total. The largest absolute Gasteiger partial charge is 0.421 e. The number of rotatable bonds is 8. The maximum atomic E-state index is 13.6. The van der Waals surface area contributed by atoms with Crippen molar-refractivity contribution in [3.8, 4) is 0 Å². The van der Waals surface area contributed by atoms with Crippen LogP contribution in [0, 0.1) is 0 Å². The van der Waals surface area contributed by atoms with Crippen LogP contribution in [-0.4, -0.2) is 54.6 Å². The minimum atomic E-state index is -4.84. The number of sulfonamides is 1. The van der Waals surface area contributed by atoms with Gasteiger partial charge in [0, 0.05) is 43.9 Å². The summed E-state index contributed by atoms with van der Waals surface area (Å²) >= 11 is 0. The van der Waals surface area contributed by atoms with Gasteiger partial charge in [-0.05, 0) is 24.2 Å². The molecule has 3 rings (SSSR count). The van der Waals surface area contributed by atoms with Crippen molar-refractivity contribution in [2.24, 2.45) is 0 Å². The van der Waals surface area contributed by atoms with Crippen molar-refractivity contribution in [1.82, 2.24) is 25.3 Å². The molecule has 0 spiro atoms. The van der Waals surface area contributed by atoms with Crippen LogP contribution in [0.1, 0.15) is 24.4 Å². The van der Waals surface area contributed by atoms with Gasteiger partial charge in [0.2, 0.25) is 16.0 Å². The predicted molar refractivity (Wildman–Crippen MR) is 123 cm³/mol. The number of hydrogen-bond donors (Lipinski definition) is 3. The van der Waals surface area contributed by atoms with E-state index >= 15 is 0 Å². The quantitative estimate of drug-likeness (QED) is 0.415. The Hall–Kier alpha value is -4.01. The van der Waals surface area contributed by atoms with Crippen molar-refractivity contribution in [3.05, 3.63) is 59.6 Å². The highest BCUT2D eigenvalue weighted by Crippen LogP contribution is 2.34. The number of amides is 1. The first-order chi connectivity index (χ1) is 17.2. The summed E-state index contributed by atoms with van der Waals surface area (Å²) in [5, 5.41) is 7.40. The van der Waals surface area contributed by atoms with Crippen LogP contribution in [-0.2, 0) is 22.7 Å². The fraction of sp³-hybridized carbons (Fsp3) is 0.250. The summed E-state index contributed by atoms with van der Waals surface area (Å²) in [6, 6.07) is 1.79. The second-order valence-corrected chi connectivity index (χ2v) is 8.99. The van der Waals surface area contributed by atoms with E-state index in [1.54, 1.807) is 0 Å². The van der Waals surface area contributed by atoms with E-state index in [-0.39, 0.29) is 47.3 Å². The number of benzene rings is 1. The van der Waals surface area contributed by atoms with Gasteiger partial charge in [0.05, 0.1) is 15.5 Å². The van der Waals surface area contributed by atoms with E-state index in [1.807, 2.05) is 0 Å². The summed E-state index contributed by atoms with van der Waals surface area (Å²) in [6.45, 7) is -0.378. The average Bonchev–Trinajstić information content (AvgIpc) is 2.82. The van der Waals surface area contributed by atoms with Crippen molar-refractivity contribution in [3.63, 3.8) is 0 Å². The number of alkyl halides is 3. The second kappa shape index (κ2) is 10.1. The van der Waals surface area contributed by atoms with Crippen molar-refractivity contribution < 1.29 is 29.1 Å². The third-order valence-corrected chi connectivity index (χ3v) is 5.70. The fourth-order valence-electron chi connectivity index (χ4n) is 2.70. The van der Waals surface area contributed by atoms with Gasteiger partial charge >= 0.3 is 6.18 Å². The normalized spacial score (nSPS) is 12.4. The first-order valence-electron chi connectivity index (χ1n) is 10.7. The van der Waals surface area contributed by atoms with E-state index in [4.69, 9.17) is 2.74 Å². The van der Waals surface area contributed by atoms with Gasteiger partial charge in [0.15, 0.2) is 5.82 Å². The van der Waals surface area contributed by atoms with Crippen LogP contribution in [0.3, 0.4) is 0 Å². The minimum absolute atomic E-state index is 0.0309. The lowest BCUT2D eigenvalue weighted by Crippen LogP contribution is -2.27. The highest BCUT2D eigenvalue weighted by Gasteiger charge is 2.35. The molecule has 186 valence electrons. The molecule has 0 fully saturated rings. The molecule has 11 nitrogen and oxygen atoms in total. The number of carbonyl (C=O) groups is 1.